The van der Waals surface area contributed by atoms with Crippen LogP contribution in [0, 0.1) is 5.82 Å². The lowest BCUT2D eigenvalue weighted by molar-refractivity contribution is 0.199. The third-order valence-electron chi connectivity index (χ3n) is 1.26. The molecule has 54 valence electrons. The van der Waals surface area contributed by atoms with Gasteiger partial charge in [-0.15, -0.1) is 0 Å². The van der Waals surface area contributed by atoms with Gasteiger partial charge in [0, 0.05) is 0 Å². The first kappa shape index (κ1) is 5.86. The maximum absolute atomic E-state index is 12.3. The molecule has 0 saturated heterocycles. The summed E-state index contributed by atoms with van der Waals surface area (Å²) >= 11 is 0. The molecular weight excluding hydrogens is 131 g/mol. The summed E-state index contributed by atoms with van der Waals surface area (Å²) in [5.74, 6) is -0.363. The molecule has 1 rings (SSSR count). The first-order valence-corrected chi connectivity index (χ1v) is 2.98. The number of halogens is 1. The highest BCUT2D eigenvalue weighted by Gasteiger charge is 1.98. The molecule has 2 heteroatoms. The van der Waals surface area contributed by atoms with Gasteiger partial charge in [0.2, 0.25) is 0 Å². The van der Waals surface area contributed by atoms with Gasteiger partial charge in [0.05, 0.1) is 7.45 Å². The molecule has 0 bridgehead atoms. The third-order valence-corrected chi connectivity index (χ3v) is 1.26. The second kappa shape index (κ2) is 2.80. The van der Waals surface area contributed by atoms with Crippen LogP contribution in [0.3, 0.4) is 0 Å². The zero-order chi connectivity index (χ0) is 8.48. The molecule has 0 radical (unpaired) electrons. The van der Waals surface area contributed by atoms with Crippen molar-refractivity contribution in [3.63, 3.8) is 0 Å². The minimum absolute atomic E-state index is 0.363. The molecule has 10 heavy (non-hydrogen) atoms. The van der Waals surface area contributed by atoms with Crippen molar-refractivity contribution in [1.29, 1.82) is 0 Å². The lowest BCUT2D eigenvalue weighted by atomic mass is 10.1. The molecular formula is C8H9FO. The van der Waals surface area contributed by atoms with Gasteiger partial charge in [-0.2, -0.15) is 0 Å². The van der Waals surface area contributed by atoms with Crippen LogP contribution in [-0.2, 0) is 0 Å². The molecule has 1 aromatic rings. The van der Waals surface area contributed by atoms with E-state index in [2.05, 4.69) is 0 Å². The Labute approximate surface area is 60.5 Å². The van der Waals surface area contributed by atoms with Crippen molar-refractivity contribution in [3.8, 4) is 0 Å². The number of benzene rings is 1. The Hall–Kier alpha value is -0.890. The second-order valence-corrected chi connectivity index (χ2v) is 2.09. The van der Waals surface area contributed by atoms with Crippen molar-refractivity contribution in [1.82, 2.24) is 0 Å². The minimum atomic E-state index is -1.63. The first-order valence-electron chi connectivity index (χ1n) is 3.48. The molecule has 0 spiro atoms. The van der Waals surface area contributed by atoms with E-state index < -0.39 is 6.08 Å². The van der Waals surface area contributed by atoms with Gasteiger partial charge in [-0.3, -0.25) is 0 Å². The van der Waals surface area contributed by atoms with Crippen molar-refractivity contribution >= 4 is 0 Å². The number of hydrogen-bond acceptors (Lipinski definition) is 1. The van der Waals surface area contributed by atoms with Crippen LogP contribution < -0.4 is 0 Å². The number of rotatable bonds is 1. The molecule has 0 aliphatic rings. The van der Waals surface area contributed by atoms with Crippen molar-refractivity contribution in [3.05, 3.63) is 35.6 Å². The molecule has 0 aliphatic heterocycles. The average Bonchev–Trinajstić information content (AvgIpc) is 1.86. The molecule has 0 unspecified atom stereocenters. The molecule has 0 fully saturated rings. The van der Waals surface area contributed by atoms with Gasteiger partial charge in [-0.1, -0.05) is 12.1 Å². The lowest BCUT2D eigenvalue weighted by Crippen LogP contribution is -1.89. The van der Waals surface area contributed by atoms with Crippen LogP contribution in [0.5, 0.6) is 0 Å². The summed E-state index contributed by atoms with van der Waals surface area (Å²) in [7, 11) is 0. The Bertz CT molecular complexity index is 237. The SMILES string of the molecule is [2H][C@@](C)(O)c1ccc(F)cc1. The van der Waals surface area contributed by atoms with E-state index in [-0.39, 0.29) is 5.82 Å². The van der Waals surface area contributed by atoms with Crippen LogP contribution in [0.4, 0.5) is 4.39 Å². The summed E-state index contributed by atoms with van der Waals surface area (Å²) in [6.07, 6.45) is -1.63. The first-order chi connectivity index (χ1) is 5.00. The van der Waals surface area contributed by atoms with Gasteiger partial charge in [0.25, 0.3) is 0 Å². The number of hydrogen-bond donors (Lipinski definition) is 1. The topological polar surface area (TPSA) is 20.2 Å². The monoisotopic (exact) mass is 141 g/mol. The molecule has 1 N–H and O–H groups in total. The maximum atomic E-state index is 12.3. The highest BCUT2D eigenvalue weighted by atomic mass is 19.1. The van der Waals surface area contributed by atoms with Gasteiger partial charge in [0.15, 0.2) is 0 Å². The predicted octanol–water partition coefficient (Wildman–Crippen LogP) is 1.88. The number of aliphatic hydroxyl groups is 1. The largest absolute Gasteiger partial charge is 0.389 e. The normalized spacial score (nSPS) is 17.7. The molecule has 0 aliphatic carbocycles. The Morgan fingerprint density at radius 1 is 1.50 bits per heavy atom. The van der Waals surface area contributed by atoms with Gasteiger partial charge in [-0.05, 0) is 24.6 Å². The summed E-state index contributed by atoms with van der Waals surface area (Å²) in [5.41, 5.74) is 0.388. The van der Waals surface area contributed by atoms with Crippen molar-refractivity contribution in [2.24, 2.45) is 0 Å². The Morgan fingerprint density at radius 2 is 2.00 bits per heavy atom. The van der Waals surface area contributed by atoms with Crippen molar-refractivity contribution < 1.29 is 10.9 Å². The lowest BCUT2D eigenvalue weighted by Gasteiger charge is -2.01. The van der Waals surface area contributed by atoms with Crippen LogP contribution in [0.25, 0.3) is 0 Å². The van der Waals surface area contributed by atoms with E-state index in [1.54, 1.807) is 0 Å². The molecule has 0 aromatic heterocycles. The van der Waals surface area contributed by atoms with E-state index in [0.29, 0.717) is 5.56 Å². The van der Waals surface area contributed by atoms with Crippen LogP contribution in [0.2, 0.25) is 0 Å². The Balaban J connectivity index is 2.99. The van der Waals surface area contributed by atoms with Crippen molar-refractivity contribution in [2.75, 3.05) is 0 Å². The van der Waals surface area contributed by atoms with E-state index in [0.717, 1.165) is 0 Å². The molecule has 1 nitrogen and oxygen atoms in total. The zero-order valence-corrected chi connectivity index (χ0v) is 5.63. The van der Waals surface area contributed by atoms with Crippen molar-refractivity contribution in [2.45, 2.75) is 13.0 Å². The zero-order valence-electron chi connectivity index (χ0n) is 6.63. The van der Waals surface area contributed by atoms with Crippen LogP contribution >= 0.6 is 0 Å². The molecule has 0 saturated carbocycles. The smallest absolute Gasteiger partial charge is 0.123 e. The average molecular weight is 141 g/mol. The highest BCUT2D eigenvalue weighted by Crippen LogP contribution is 2.11. The van der Waals surface area contributed by atoms with Crippen LogP contribution in [-0.4, -0.2) is 5.11 Å². The summed E-state index contributed by atoms with van der Waals surface area (Å²) in [5, 5.41) is 9.12. The van der Waals surface area contributed by atoms with E-state index in [4.69, 9.17) is 6.48 Å². The second-order valence-electron chi connectivity index (χ2n) is 2.09. The van der Waals surface area contributed by atoms with E-state index >= 15 is 0 Å². The summed E-state index contributed by atoms with van der Waals surface area (Å²) in [6, 6.07) is 5.22. The van der Waals surface area contributed by atoms with Gasteiger partial charge >= 0.3 is 0 Å². The van der Waals surface area contributed by atoms with Gasteiger partial charge < -0.3 is 5.11 Å². The maximum Gasteiger partial charge on any atom is 0.123 e. The summed E-state index contributed by atoms with van der Waals surface area (Å²) < 4.78 is 19.5. The van der Waals surface area contributed by atoms with Crippen LogP contribution in [0.1, 0.15) is 19.9 Å². The highest BCUT2D eigenvalue weighted by molar-refractivity contribution is 5.17. The fraction of sp³-hybridized carbons (Fsp3) is 0.250. The fourth-order valence-corrected chi connectivity index (χ4v) is 0.691. The summed E-state index contributed by atoms with van der Waals surface area (Å²) in [4.78, 5) is 0. The molecule has 0 amide bonds. The molecule has 1 aromatic carbocycles. The minimum Gasteiger partial charge on any atom is -0.389 e. The summed E-state index contributed by atoms with van der Waals surface area (Å²) in [6.45, 7) is 1.33. The van der Waals surface area contributed by atoms with Gasteiger partial charge in [-0.25, -0.2) is 4.39 Å². The quantitative estimate of drug-likeness (QED) is 0.633. The standard InChI is InChI=1S/C8H9FO/c1-6(10)7-2-4-8(9)5-3-7/h2-6,10H,1H3/t6-/m0/s1/i6D. The Morgan fingerprint density at radius 3 is 2.40 bits per heavy atom. The molecule has 0 heterocycles. The Kier molecular flexibility index (Phi) is 1.64. The van der Waals surface area contributed by atoms with Crippen LogP contribution in [0.15, 0.2) is 24.3 Å². The van der Waals surface area contributed by atoms with E-state index in [1.165, 1.54) is 31.2 Å². The molecule has 1 atom stereocenters. The van der Waals surface area contributed by atoms with Gasteiger partial charge in [0.1, 0.15) is 5.82 Å². The van der Waals surface area contributed by atoms with E-state index in [1.807, 2.05) is 0 Å². The van der Waals surface area contributed by atoms with E-state index in [9.17, 15) is 4.39 Å². The third kappa shape index (κ3) is 1.54. The predicted molar refractivity (Wildman–Crippen MR) is 37.0 cm³/mol. The fourth-order valence-electron chi connectivity index (χ4n) is 0.691.